The Morgan fingerprint density at radius 3 is 2.65 bits per heavy atom. The fourth-order valence-corrected chi connectivity index (χ4v) is 3.07. The predicted octanol–water partition coefficient (Wildman–Crippen LogP) is 3.55. The van der Waals surface area contributed by atoms with Crippen LogP contribution in [0.1, 0.15) is 45.7 Å². The van der Waals surface area contributed by atoms with Gasteiger partial charge in [-0.1, -0.05) is 32.0 Å². The number of rotatable bonds is 6. The summed E-state index contributed by atoms with van der Waals surface area (Å²) in [5.41, 5.74) is 1.40. The summed E-state index contributed by atoms with van der Waals surface area (Å²) in [6.07, 6.45) is 1.45. The number of methoxy groups -OCH3 is 1. The summed E-state index contributed by atoms with van der Waals surface area (Å²) in [6.45, 7) is 9.62. The van der Waals surface area contributed by atoms with Gasteiger partial charge in [-0.25, -0.2) is 0 Å². The second-order valence-electron chi connectivity index (χ2n) is 6.18. The molecule has 1 aromatic carbocycles. The third-order valence-electron chi connectivity index (χ3n) is 4.60. The van der Waals surface area contributed by atoms with Crippen LogP contribution in [0.25, 0.3) is 0 Å². The molecule has 0 radical (unpaired) electrons. The summed E-state index contributed by atoms with van der Waals surface area (Å²) in [7, 11) is 1.73. The van der Waals surface area contributed by atoms with Crippen molar-refractivity contribution in [1.82, 2.24) is 5.32 Å². The van der Waals surface area contributed by atoms with Crippen molar-refractivity contribution in [3.05, 3.63) is 29.8 Å². The molecule has 0 bridgehead atoms. The van der Waals surface area contributed by atoms with Crippen LogP contribution in [-0.2, 0) is 4.74 Å². The molecule has 3 unspecified atom stereocenters. The molecule has 0 amide bonds. The lowest BCUT2D eigenvalue weighted by Gasteiger charge is -2.52. The zero-order valence-corrected chi connectivity index (χ0v) is 13.3. The second-order valence-corrected chi connectivity index (χ2v) is 6.18. The molecule has 0 saturated heterocycles. The van der Waals surface area contributed by atoms with E-state index >= 15 is 0 Å². The molecule has 3 heteroatoms. The van der Waals surface area contributed by atoms with Crippen LogP contribution in [0.5, 0.6) is 5.75 Å². The van der Waals surface area contributed by atoms with E-state index < -0.39 is 0 Å². The summed E-state index contributed by atoms with van der Waals surface area (Å²) in [5, 5.41) is 3.73. The maximum Gasteiger partial charge on any atom is 0.123 e. The van der Waals surface area contributed by atoms with Gasteiger partial charge in [-0.3, -0.25) is 0 Å². The summed E-state index contributed by atoms with van der Waals surface area (Å²) in [6, 6.07) is 8.97. The van der Waals surface area contributed by atoms with E-state index in [9.17, 15) is 0 Å². The summed E-state index contributed by atoms with van der Waals surface area (Å²) < 4.78 is 11.2. The van der Waals surface area contributed by atoms with Crippen LogP contribution in [0.3, 0.4) is 0 Å². The largest absolute Gasteiger partial charge is 0.496 e. The van der Waals surface area contributed by atoms with Gasteiger partial charge in [-0.2, -0.15) is 0 Å². The van der Waals surface area contributed by atoms with Crippen molar-refractivity contribution in [1.29, 1.82) is 0 Å². The minimum Gasteiger partial charge on any atom is -0.496 e. The highest BCUT2D eigenvalue weighted by molar-refractivity contribution is 5.35. The Morgan fingerprint density at radius 2 is 2.05 bits per heavy atom. The van der Waals surface area contributed by atoms with E-state index in [-0.39, 0.29) is 11.5 Å². The Morgan fingerprint density at radius 1 is 1.35 bits per heavy atom. The average Bonchev–Trinajstić information content (AvgIpc) is 2.46. The van der Waals surface area contributed by atoms with E-state index in [4.69, 9.17) is 9.47 Å². The standard InChI is InChI=1S/C17H27NO2/c1-6-20-16-11-15(17(16,3)4)18-12(2)13-9-7-8-10-14(13)19-5/h7-10,12,15-16,18H,6,11H2,1-5H3. The molecule has 3 nitrogen and oxygen atoms in total. The van der Waals surface area contributed by atoms with Crippen LogP contribution < -0.4 is 10.1 Å². The monoisotopic (exact) mass is 277 g/mol. The van der Waals surface area contributed by atoms with Gasteiger partial charge in [-0.15, -0.1) is 0 Å². The Balaban J connectivity index is 2.01. The van der Waals surface area contributed by atoms with Gasteiger partial charge in [0.05, 0.1) is 13.2 Å². The van der Waals surface area contributed by atoms with Crippen molar-refractivity contribution in [2.45, 2.75) is 52.3 Å². The summed E-state index contributed by atoms with van der Waals surface area (Å²) >= 11 is 0. The quantitative estimate of drug-likeness (QED) is 0.862. The highest BCUT2D eigenvalue weighted by atomic mass is 16.5. The Bertz CT molecular complexity index is 444. The molecule has 0 heterocycles. The van der Waals surface area contributed by atoms with Crippen LogP contribution in [-0.4, -0.2) is 25.9 Å². The Kier molecular flexibility index (Phi) is 4.71. The molecule has 2 rings (SSSR count). The molecule has 20 heavy (non-hydrogen) atoms. The number of ether oxygens (including phenoxy) is 2. The first kappa shape index (κ1) is 15.3. The van der Waals surface area contributed by atoms with Crippen molar-refractivity contribution < 1.29 is 9.47 Å². The Labute approximate surface area is 122 Å². The number of hydrogen-bond acceptors (Lipinski definition) is 3. The van der Waals surface area contributed by atoms with E-state index in [0.29, 0.717) is 12.1 Å². The summed E-state index contributed by atoms with van der Waals surface area (Å²) in [5.74, 6) is 0.950. The van der Waals surface area contributed by atoms with E-state index in [1.54, 1.807) is 7.11 Å². The van der Waals surface area contributed by atoms with E-state index in [0.717, 1.165) is 18.8 Å². The molecule has 112 valence electrons. The topological polar surface area (TPSA) is 30.5 Å². The molecule has 3 atom stereocenters. The van der Waals surface area contributed by atoms with E-state index in [1.165, 1.54) is 5.56 Å². The first-order valence-corrected chi connectivity index (χ1v) is 7.51. The van der Waals surface area contributed by atoms with Gasteiger partial charge in [0.2, 0.25) is 0 Å². The molecule has 0 aromatic heterocycles. The van der Waals surface area contributed by atoms with Crippen LogP contribution in [0.4, 0.5) is 0 Å². The molecule has 1 saturated carbocycles. The molecule has 0 aliphatic heterocycles. The van der Waals surface area contributed by atoms with Gasteiger partial charge in [0.15, 0.2) is 0 Å². The van der Waals surface area contributed by atoms with Gasteiger partial charge in [0, 0.05) is 29.7 Å². The molecule has 1 fully saturated rings. The number of nitrogens with one attached hydrogen (secondary N) is 1. The van der Waals surface area contributed by atoms with Gasteiger partial charge < -0.3 is 14.8 Å². The lowest BCUT2D eigenvalue weighted by atomic mass is 9.64. The van der Waals surface area contributed by atoms with Crippen molar-refractivity contribution in [2.75, 3.05) is 13.7 Å². The number of hydrogen-bond donors (Lipinski definition) is 1. The van der Waals surface area contributed by atoms with Crippen LogP contribution in [0.2, 0.25) is 0 Å². The minimum atomic E-state index is 0.187. The zero-order valence-electron chi connectivity index (χ0n) is 13.3. The highest BCUT2D eigenvalue weighted by Crippen LogP contribution is 2.44. The van der Waals surface area contributed by atoms with Crippen LogP contribution in [0, 0.1) is 5.41 Å². The van der Waals surface area contributed by atoms with Crippen molar-refractivity contribution in [2.24, 2.45) is 5.41 Å². The molecule has 1 aliphatic carbocycles. The van der Waals surface area contributed by atoms with Crippen molar-refractivity contribution in [3.8, 4) is 5.75 Å². The molecular formula is C17H27NO2. The number of para-hydroxylation sites is 1. The van der Waals surface area contributed by atoms with Crippen molar-refractivity contribution >= 4 is 0 Å². The predicted molar refractivity (Wildman–Crippen MR) is 82.1 cm³/mol. The van der Waals surface area contributed by atoms with Gasteiger partial charge >= 0.3 is 0 Å². The minimum absolute atomic E-state index is 0.187. The van der Waals surface area contributed by atoms with Gasteiger partial charge in [-0.05, 0) is 26.3 Å². The maximum atomic E-state index is 5.79. The second kappa shape index (κ2) is 6.15. The molecule has 0 spiro atoms. The maximum absolute atomic E-state index is 5.79. The fraction of sp³-hybridized carbons (Fsp3) is 0.647. The fourth-order valence-electron chi connectivity index (χ4n) is 3.07. The lowest BCUT2D eigenvalue weighted by molar-refractivity contribution is -0.116. The van der Waals surface area contributed by atoms with Crippen LogP contribution >= 0.6 is 0 Å². The smallest absolute Gasteiger partial charge is 0.123 e. The molecule has 1 aliphatic rings. The van der Waals surface area contributed by atoms with E-state index in [2.05, 4.69) is 45.1 Å². The third-order valence-corrected chi connectivity index (χ3v) is 4.60. The summed E-state index contributed by atoms with van der Waals surface area (Å²) in [4.78, 5) is 0. The highest BCUT2D eigenvalue weighted by Gasteiger charge is 2.49. The third kappa shape index (κ3) is 2.84. The lowest BCUT2D eigenvalue weighted by Crippen LogP contribution is -2.61. The molecule has 1 N–H and O–H groups in total. The SMILES string of the molecule is CCOC1CC(NC(C)c2ccccc2OC)C1(C)C. The Hall–Kier alpha value is -1.06. The zero-order chi connectivity index (χ0) is 14.8. The van der Waals surface area contributed by atoms with Gasteiger partial charge in [0.25, 0.3) is 0 Å². The number of benzene rings is 1. The average molecular weight is 277 g/mol. The van der Waals surface area contributed by atoms with Gasteiger partial charge in [0.1, 0.15) is 5.75 Å². The first-order chi connectivity index (χ1) is 9.50. The molecular weight excluding hydrogens is 250 g/mol. The normalized spacial score (nSPS) is 25.9. The molecule has 1 aromatic rings. The van der Waals surface area contributed by atoms with E-state index in [1.807, 2.05) is 12.1 Å². The first-order valence-electron chi connectivity index (χ1n) is 7.51. The van der Waals surface area contributed by atoms with Crippen LogP contribution in [0.15, 0.2) is 24.3 Å². The van der Waals surface area contributed by atoms with Crippen molar-refractivity contribution in [3.63, 3.8) is 0 Å².